The van der Waals surface area contributed by atoms with Crippen LogP contribution in [0.15, 0.2) is 51.9 Å². The van der Waals surface area contributed by atoms with Gasteiger partial charge in [-0.05, 0) is 69.0 Å². The highest BCUT2D eigenvalue weighted by Crippen LogP contribution is 2.30. The molecule has 0 atom stereocenters. The van der Waals surface area contributed by atoms with Crippen LogP contribution in [-0.4, -0.2) is 33.9 Å². The first-order chi connectivity index (χ1) is 16.8. The monoisotopic (exact) mass is 476 g/mol. The molecule has 4 aromatic rings. The van der Waals surface area contributed by atoms with E-state index in [0.717, 1.165) is 37.2 Å². The lowest BCUT2D eigenvalue weighted by atomic mass is 9.98. The molecule has 8 heteroatoms. The van der Waals surface area contributed by atoms with Gasteiger partial charge in [0.05, 0.1) is 17.3 Å². The van der Waals surface area contributed by atoms with Crippen LogP contribution in [0.3, 0.4) is 0 Å². The summed E-state index contributed by atoms with van der Waals surface area (Å²) >= 11 is 0. The van der Waals surface area contributed by atoms with Crippen molar-refractivity contribution in [3.63, 3.8) is 0 Å². The first kappa shape index (κ1) is 23.1. The molecule has 0 aliphatic carbocycles. The number of ether oxygens (including phenoxy) is 1. The largest absolute Gasteiger partial charge is 0.491 e. The quantitative estimate of drug-likeness (QED) is 0.383. The Balaban J connectivity index is 1.49. The topological polar surface area (TPSA) is 73.4 Å². The fraction of sp³-hybridized carbons (Fsp3) is 0.370. The first-order valence-electron chi connectivity index (χ1n) is 12.0. The normalized spacial score (nSPS) is 14.7. The van der Waals surface area contributed by atoms with E-state index in [1.807, 2.05) is 49.7 Å². The average Bonchev–Trinajstić information content (AvgIpc) is 3.32. The smallest absolute Gasteiger partial charge is 0.263 e. The van der Waals surface area contributed by atoms with Crippen molar-refractivity contribution in [3.8, 4) is 28.6 Å². The SMILES string of the molecule is CC1CCN(c2cc3c(cc2F)c(=O)c(-c2nc(-c4ccc(OC(C)C)cc4)no2)cn3C)CC1. The summed E-state index contributed by atoms with van der Waals surface area (Å²) < 4.78 is 28.0. The van der Waals surface area contributed by atoms with Gasteiger partial charge in [0.2, 0.25) is 11.3 Å². The van der Waals surface area contributed by atoms with Gasteiger partial charge in [-0.3, -0.25) is 4.79 Å². The van der Waals surface area contributed by atoms with Gasteiger partial charge in [0.15, 0.2) is 0 Å². The Morgan fingerprint density at radius 3 is 2.54 bits per heavy atom. The van der Waals surface area contributed by atoms with Gasteiger partial charge >= 0.3 is 0 Å². The van der Waals surface area contributed by atoms with E-state index in [4.69, 9.17) is 9.26 Å². The van der Waals surface area contributed by atoms with Crippen molar-refractivity contribution in [1.82, 2.24) is 14.7 Å². The van der Waals surface area contributed by atoms with E-state index in [1.165, 1.54) is 6.07 Å². The van der Waals surface area contributed by atoms with Crippen LogP contribution in [0.2, 0.25) is 0 Å². The molecule has 0 spiro atoms. The van der Waals surface area contributed by atoms with Crippen LogP contribution in [-0.2, 0) is 7.05 Å². The summed E-state index contributed by atoms with van der Waals surface area (Å²) in [6.45, 7) is 7.77. The van der Waals surface area contributed by atoms with E-state index in [9.17, 15) is 4.79 Å². The number of benzene rings is 2. The third-order valence-electron chi connectivity index (χ3n) is 6.52. The van der Waals surface area contributed by atoms with Crippen molar-refractivity contribution in [2.75, 3.05) is 18.0 Å². The standard InChI is InChI=1S/C27H29FN4O3/c1-16(2)34-19-7-5-18(6-8-19)26-29-27(35-30-26)21-15-31(4)23-14-24(22(28)13-20(23)25(21)33)32-11-9-17(3)10-12-32/h5-8,13-17H,9-12H2,1-4H3. The Hall–Kier alpha value is -3.68. The van der Waals surface area contributed by atoms with E-state index >= 15 is 4.39 Å². The third-order valence-corrected chi connectivity index (χ3v) is 6.52. The Kier molecular flexibility index (Phi) is 6.05. The second-order valence-electron chi connectivity index (χ2n) is 9.59. The van der Waals surface area contributed by atoms with Crippen molar-refractivity contribution in [2.24, 2.45) is 13.0 Å². The van der Waals surface area contributed by atoms with E-state index in [-0.39, 0.29) is 28.4 Å². The maximum atomic E-state index is 15.1. The summed E-state index contributed by atoms with van der Waals surface area (Å²) in [7, 11) is 1.83. The molecule has 1 saturated heterocycles. The number of hydrogen-bond donors (Lipinski definition) is 0. The van der Waals surface area contributed by atoms with Crippen LogP contribution in [0.25, 0.3) is 33.7 Å². The Bertz CT molecular complexity index is 1420. The molecule has 2 aromatic heterocycles. The molecule has 182 valence electrons. The molecule has 0 N–H and O–H groups in total. The molecule has 0 radical (unpaired) electrons. The van der Waals surface area contributed by atoms with Crippen LogP contribution < -0.4 is 15.1 Å². The molecular formula is C27H29FN4O3. The molecule has 1 fully saturated rings. The lowest BCUT2D eigenvalue weighted by Crippen LogP contribution is -2.33. The Morgan fingerprint density at radius 2 is 1.86 bits per heavy atom. The number of nitrogens with zero attached hydrogens (tertiary/aromatic N) is 4. The molecular weight excluding hydrogens is 447 g/mol. The fourth-order valence-electron chi connectivity index (χ4n) is 4.54. The minimum atomic E-state index is -0.392. The average molecular weight is 477 g/mol. The van der Waals surface area contributed by atoms with Gasteiger partial charge in [0, 0.05) is 37.3 Å². The molecule has 2 aromatic carbocycles. The Morgan fingerprint density at radius 1 is 1.14 bits per heavy atom. The number of piperidine rings is 1. The predicted octanol–water partition coefficient (Wildman–Crippen LogP) is 5.42. The number of aromatic nitrogens is 3. The number of rotatable bonds is 5. The highest BCUT2D eigenvalue weighted by molar-refractivity contribution is 5.86. The summed E-state index contributed by atoms with van der Waals surface area (Å²) in [5.74, 6) is 1.46. The van der Waals surface area contributed by atoms with E-state index in [1.54, 1.807) is 12.3 Å². The molecule has 1 aliphatic heterocycles. The van der Waals surface area contributed by atoms with Gasteiger partial charge < -0.3 is 18.7 Å². The summed E-state index contributed by atoms with van der Waals surface area (Å²) in [5, 5.41) is 4.33. The maximum absolute atomic E-state index is 15.1. The zero-order valence-electron chi connectivity index (χ0n) is 20.4. The molecule has 0 unspecified atom stereocenters. The molecule has 0 amide bonds. The summed E-state index contributed by atoms with van der Waals surface area (Å²) in [5.41, 5.74) is 1.83. The third kappa shape index (κ3) is 4.52. The van der Waals surface area contributed by atoms with E-state index in [2.05, 4.69) is 22.0 Å². The van der Waals surface area contributed by atoms with Crippen molar-refractivity contribution < 1.29 is 13.7 Å². The van der Waals surface area contributed by atoms with Gasteiger partial charge in [-0.25, -0.2) is 4.39 Å². The van der Waals surface area contributed by atoms with Crippen LogP contribution in [0.5, 0.6) is 5.75 Å². The second kappa shape index (κ2) is 9.17. The lowest BCUT2D eigenvalue weighted by Gasteiger charge is -2.32. The van der Waals surface area contributed by atoms with Gasteiger partial charge in [-0.2, -0.15) is 4.98 Å². The number of halogens is 1. The highest BCUT2D eigenvalue weighted by Gasteiger charge is 2.22. The fourth-order valence-corrected chi connectivity index (χ4v) is 4.54. The zero-order valence-corrected chi connectivity index (χ0v) is 20.4. The zero-order chi connectivity index (χ0) is 24.7. The highest BCUT2D eigenvalue weighted by atomic mass is 19.1. The van der Waals surface area contributed by atoms with Gasteiger partial charge in [-0.15, -0.1) is 0 Å². The van der Waals surface area contributed by atoms with Crippen LogP contribution in [0.4, 0.5) is 10.1 Å². The van der Waals surface area contributed by atoms with Crippen molar-refractivity contribution in [1.29, 1.82) is 0 Å². The summed E-state index contributed by atoms with van der Waals surface area (Å²) in [4.78, 5) is 19.8. The Labute approximate surface area is 203 Å². The van der Waals surface area contributed by atoms with Crippen LogP contribution >= 0.6 is 0 Å². The molecule has 0 bridgehead atoms. The predicted molar refractivity (Wildman–Crippen MR) is 134 cm³/mol. The maximum Gasteiger partial charge on any atom is 0.263 e. The van der Waals surface area contributed by atoms with Gasteiger partial charge in [0.25, 0.3) is 5.89 Å². The summed E-state index contributed by atoms with van der Waals surface area (Å²) in [6, 6.07) is 10.4. The minimum absolute atomic E-state index is 0.0752. The van der Waals surface area contributed by atoms with Crippen molar-refractivity contribution >= 4 is 16.6 Å². The molecule has 5 rings (SSSR count). The first-order valence-corrected chi connectivity index (χ1v) is 12.0. The van der Waals surface area contributed by atoms with E-state index < -0.39 is 5.82 Å². The lowest BCUT2D eigenvalue weighted by molar-refractivity contribution is 0.242. The van der Waals surface area contributed by atoms with Crippen LogP contribution in [0, 0.1) is 11.7 Å². The number of hydrogen-bond acceptors (Lipinski definition) is 6. The molecule has 1 aliphatic rings. The van der Waals surface area contributed by atoms with Crippen molar-refractivity contribution in [3.05, 3.63) is 58.6 Å². The number of aryl methyl sites for hydroxylation is 1. The number of fused-ring (bicyclic) bond motifs is 1. The van der Waals surface area contributed by atoms with E-state index in [0.29, 0.717) is 22.9 Å². The van der Waals surface area contributed by atoms with Gasteiger partial charge in [-0.1, -0.05) is 12.1 Å². The minimum Gasteiger partial charge on any atom is -0.491 e. The van der Waals surface area contributed by atoms with Crippen LogP contribution in [0.1, 0.15) is 33.6 Å². The van der Waals surface area contributed by atoms with Gasteiger partial charge in [0.1, 0.15) is 17.1 Å². The second-order valence-corrected chi connectivity index (χ2v) is 9.59. The molecule has 35 heavy (non-hydrogen) atoms. The number of pyridine rings is 1. The molecule has 3 heterocycles. The molecule has 0 saturated carbocycles. The number of anilines is 1. The van der Waals surface area contributed by atoms with Crippen molar-refractivity contribution in [2.45, 2.75) is 39.7 Å². The summed E-state index contributed by atoms with van der Waals surface area (Å²) in [6.07, 6.45) is 3.80. The molecule has 7 nitrogen and oxygen atoms in total.